The zero-order chi connectivity index (χ0) is 17.2. The van der Waals surface area contributed by atoms with Crippen molar-refractivity contribution in [3.63, 3.8) is 0 Å². The summed E-state index contributed by atoms with van der Waals surface area (Å²) < 4.78 is 29.8. The van der Waals surface area contributed by atoms with Crippen molar-refractivity contribution in [1.82, 2.24) is 5.32 Å². The van der Waals surface area contributed by atoms with Gasteiger partial charge in [0.2, 0.25) is 6.43 Å². The number of nitrogens with one attached hydrogen (secondary N) is 1. The van der Waals surface area contributed by atoms with Crippen molar-refractivity contribution in [3.05, 3.63) is 35.9 Å². The van der Waals surface area contributed by atoms with Crippen molar-refractivity contribution in [2.75, 3.05) is 0 Å². The van der Waals surface area contributed by atoms with Gasteiger partial charge in [-0.05, 0) is 17.9 Å². The molecule has 0 saturated heterocycles. The van der Waals surface area contributed by atoms with Gasteiger partial charge in [0.1, 0.15) is 12.6 Å². The highest BCUT2D eigenvalue weighted by atomic mass is 19.3. The second-order valence-electron chi connectivity index (χ2n) is 5.23. The molecule has 0 spiro atoms. The number of alkyl halides is 2. The average Bonchev–Trinajstić information content (AvgIpc) is 2.51. The first kappa shape index (κ1) is 18.9. The lowest BCUT2D eigenvalue weighted by Crippen LogP contribution is -2.42. The van der Waals surface area contributed by atoms with Crippen molar-refractivity contribution < 1.29 is 28.2 Å². The highest BCUT2D eigenvalue weighted by Gasteiger charge is 2.25. The highest BCUT2D eigenvalue weighted by molar-refractivity contribution is 5.79. The lowest BCUT2D eigenvalue weighted by molar-refractivity contribution is -0.140. The molecule has 0 aliphatic rings. The van der Waals surface area contributed by atoms with Gasteiger partial charge in [-0.15, -0.1) is 0 Å². The van der Waals surface area contributed by atoms with E-state index in [1.54, 1.807) is 31.2 Å². The number of halogens is 2. The first-order valence-corrected chi connectivity index (χ1v) is 7.40. The molecule has 1 rings (SSSR count). The van der Waals surface area contributed by atoms with E-state index >= 15 is 0 Å². The molecule has 1 aromatic rings. The van der Waals surface area contributed by atoms with Gasteiger partial charge in [-0.1, -0.05) is 43.7 Å². The van der Waals surface area contributed by atoms with Gasteiger partial charge in [-0.3, -0.25) is 0 Å². The summed E-state index contributed by atoms with van der Waals surface area (Å²) in [5.74, 6) is -1.75. The number of ether oxygens (including phenoxy) is 1. The first-order valence-electron chi connectivity index (χ1n) is 7.40. The molecule has 5 nitrogen and oxygen atoms in total. The molecule has 0 aliphatic carbocycles. The van der Waals surface area contributed by atoms with Crippen molar-refractivity contribution in [2.24, 2.45) is 5.92 Å². The molecule has 2 atom stereocenters. The minimum Gasteiger partial charge on any atom is -0.480 e. The van der Waals surface area contributed by atoms with E-state index < -0.39 is 30.4 Å². The second-order valence-corrected chi connectivity index (χ2v) is 5.23. The van der Waals surface area contributed by atoms with Crippen LogP contribution >= 0.6 is 0 Å². The van der Waals surface area contributed by atoms with Gasteiger partial charge in [-0.25, -0.2) is 18.4 Å². The maximum atomic E-state index is 12.4. The monoisotopic (exact) mass is 329 g/mol. The van der Waals surface area contributed by atoms with Crippen LogP contribution in [-0.4, -0.2) is 29.6 Å². The molecule has 1 amide bonds. The summed E-state index contributed by atoms with van der Waals surface area (Å²) in [6.45, 7) is 1.72. The zero-order valence-electron chi connectivity index (χ0n) is 12.9. The Morgan fingerprint density at radius 3 is 2.39 bits per heavy atom. The van der Waals surface area contributed by atoms with E-state index in [0.29, 0.717) is 6.42 Å². The number of hydrogen-bond acceptors (Lipinski definition) is 3. The third-order valence-electron chi connectivity index (χ3n) is 3.46. The number of carbonyl (C=O) groups is 2. The zero-order valence-corrected chi connectivity index (χ0v) is 12.9. The SMILES string of the molecule is CCC(CC(F)F)CC(NC(=O)OCc1ccccc1)C(=O)O. The number of carbonyl (C=O) groups excluding carboxylic acids is 1. The molecule has 0 radical (unpaired) electrons. The number of hydrogen-bond donors (Lipinski definition) is 2. The summed E-state index contributed by atoms with van der Waals surface area (Å²) in [5, 5.41) is 11.3. The van der Waals surface area contributed by atoms with Gasteiger partial charge in [0.25, 0.3) is 0 Å². The summed E-state index contributed by atoms with van der Waals surface area (Å²) in [6.07, 6.45) is -3.42. The second kappa shape index (κ2) is 9.76. The van der Waals surface area contributed by atoms with Gasteiger partial charge < -0.3 is 15.2 Å². The molecule has 128 valence electrons. The van der Waals surface area contributed by atoms with Crippen LogP contribution in [0.15, 0.2) is 30.3 Å². The van der Waals surface area contributed by atoms with E-state index in [1.165, 1.54) is 0 Å². The number of alkyl carbamates (subject to hydrolysis) is 1. The molecule has 0 fully saturated rings. The Balaban J connectivity index is 2.51. The minimum atomic E-state index is -2.50. The fourth-order valence-corrected chi connectivity index (χ4v) is 2.14. The highest BCUT2D eigenvalue weighted by Crippen LogP contribution is 2.20. The summed E-state index contributed by atoms with van der Waals surface area (Å²) in [5.41, 5.74) is 0.763. The summed E-state index contributed by atoms with van der Waals surface area (Å²) in [6, 6.07) is 7.66. The Kier molecular flexibility index (Phi) is 8.01. The number of rotatable bonds is 9. The van der Waals surface area contributed by atoms with Crippen LogP contribution in [0.4, 0.5) is 13.6 Å². The van der Waals surface area contributed by atoms with Crippen LogP contribution in [0.2, 0.25) is 0 Å². The molecule has 0 aliphatic heterocycles. The molecule has 0 heterocycles. The van der Waals surface area contributed by atoms with Crippen molar-refractivity contribution >= 4 is 12.1 Å². The Morgan fingerprint density at radius 1 is 1.22 bits per heavy atom. The maximum Gasteiger partial charge on any atom is 0.408 e. The standard InChI is InChI=1S/C16H21F2NO4/c1-2-11(9-14(17)18)8-13(15(20)21)19-16(22)23-10-12-6-4-3-5-7-12/h3-7,11,13-14H,2,8-10H2,1H3,(H,19,22)(H,20,21). The maximum absolute atomic E-state index is 12.4. The van der Waals surface area contributed by atoms with Crippen LogP contribution < -0.4 is 5.32 Å². The van der Waals surface area contributed by atoms with Crippen molar-refractivity contribution in [3.8, 4) is 0 Å². The van der Waals surface area contributed by atoms with Crippen LogP contribution in [-0.2, 0) is 16.1 Å². The van der Waals surface area contributed by atoms with E-state index in [2.05, 4.69) is 5.32 Å². The smallest absolute Gasteiger partial charge is 0.408 e. The van der Waals surface area contributed by atoms with Crippen LogP contribution in [0.25, 0.3) is 0 Å². The molecule has 0 saturated carbocycles. The Labute approximate surface area is 133 Å². The summed E-state index contributed by atoms with van der Waals surface area (Å²) in [7, 11) is 0. The predicted molar refractivity (Wildman–Crippen MR) is 80.2 cm³/mol. The van der Waals surface area contributed by atoms with E-state index in [4.69, 9.17) is 9.84 Å². The fourth-order valence-electron chi connectivity index (χ4n) is 2.14. The van der Waals surface area contributed by atoms with Gasteiger partial charge in [0, 0.05) is 6.42 Å². The number of carboxylic acid groups (broad SMARTS) is 1. The molecule has 1 aromatic carbocycles. The average molecular weight is 329 g/mol. The van der Waals surface area contributed by atoms with E-state index in [0.717, 1.165) is 5.56 Å². The first-order chi connectivity index (χ1) is 10.9. The third-order valence-corrected chi connectivity index (χ3v) is 3.46. The Morgan fingerprint density at radius 2 is 1.87 bits per heavy atom. The number of amides is 1. The largest absolute Gasteiger partial charge is 0.480 e. The van der Waals surface area contributed by atoms with Gasteiger partial charge in [0.15, 0.2) is 0 Å². The van der Waals surface area contributed by atoms with Crippen LogP contribution in [0.5, 0.6) is 0 Å². The number of benzene rings is 1. The molecular weight excluding hydrogens is 308 g/mol. The number of carboxylic acids is 1. The summed E-state index contributed by atoms with van der Waals surface area (Å²) in [4.78, 5) is 22.9. The fraction of sp³-hybridized carbons (Fsp3) is 0.500. The molecule has 2 unspecified atom stereocenters. The van der Waals surface area contributed by atoms with E-state index in [9.17, 15) is 18.4 Å². The van der Waals surface area contributed by atoms with Crippen LogP contribution in [0.3, 0.4) is 0 Å². The lowest BCUT2D eigenvalue weighted by Gasteiger charge is -2.20. The van der Waals surface area contributed by atoms with E-state index in [1.807, 2.05) is 6.07 Å². The molecule has 0 aromatic heterocycles. The molecule has 2 N–H and O–H groups in total. The van der Waals surface area contributed by atoms with E-state index in [-0.39, 0.29) is 19.4 Å². The lowest BCUT2D eigenvalue weighted by atomic mass is 9.94. The Hall–Kier alpha value is -2.18. The number of aliphatic carboxylic acids is 1. The van der Waals surface area contributed by atoms with Gasteiger partial charge >= 0.3 is 12.1 Å². The van der Waals surface area contributed by atoms with Crippen molar-refractivity contribution in [2.45, 2.75) is 45.3 Å². The van der Waals surface area contributed by atoms with Gasteiger partial charge in [0.05, 0.1) is 0 Å². The normalized spacial score (nSPS) is 13.4. The van der Waals surface area contributed by atoms with Gasteiger partial charge in [-0.2, -0.15) is 0 Å². The Bertz CT molecular complexity index is 496. The molecule has 0 bridgehead atoms. The van der Waals surface area contributed by atoms with Crippen LogP contribution in [0.1, 0.15) is 31.7 Å². The summed E-state index contributed by atoms with van der Waals surface area (Å²) >= 11 is 0. The quantitative estimate of drug-likeness (QED) is 0.728. The predicted octanol–water partition coefficient (Wildman–Crippen LogP) is 3.44. The van der Waals surface area contributed by atoms with Crippen molar-refractivity contribution in [1.29, 1.82) is 0 Å². The molecule has 23 heavy (non-hydrogen) atoms. The molecule has 7 heteroatoms. The third kappa shape index (κ3) is 7.58. The topological polar surface area (TPSA) is 75.6 Å². The van der Waals surface area contributed by atoms with Crippen LogP contribution in [0, 0.1) is 5.92 Å². The molecular formula is C16H21F2NO4. The minimum absolute atomic E-state index is 0.00720.